The number of nitrogens with one attached hydrogen (secondary N) is 2. The van der Waals surface area contributed by atoms with Crippen LogP contribution in [0, 0.1) is 0 Å². The zero-order chi connectivity index (χ0) is 22.6. The van der Waals surface area contributed by atoms with Crippen molar-refractivity contribution < 1.29 is 9.53 Å². The number of hydrogen-bond donors (Lipinski definition) is 2. The van der Waals surface area contributed by atoms with Gasteiger partial charge < -0.3 is 10.1 Å². The third-order valence-corrected chi connectivity index (χ3v) is 5.23. The van der Waals surface area contributed by atoms with Crippen molar-refractivity contribution in [2.24, 2.45) is 0 Å². The van der Waals surface area contributed by atoms with Crippen molar-refractivity contribution >= 4 is 16.8 Å². The van der Waals surface area contributed by atoms with Gasteiger partial charge in [0, 0.05) is 28.9 Å². The molecule has 8 nitrogen and oxygen atoms in total. The van der Waals surface area contributed by atoms with Gasteiger partial charge >= 0.3 is 0 Å². The zero-order valence-electron chi connectivity index (χ0n) is 17.8. The van der Waals surface area contributed by atoms with Gasteiger partial charge in [-0.25, -0.2) is 9.97 Å². The Labute approximate surface area is 189 Å². The fraction of sp³-hybridized carbons (Fsp3) is 0.0800. The lowest BCUT2D eigenvalue weighted by atomic mass is 10.0. The first-order valence-corrected chi connectivity index (χ1v) is 10.4. The van der Waals surface area contributed by atoms with Crippen molar-refractivity contribution in [1.82, 2.24) is 30.5 Å². The third-order valence-electron chi connectivity index (χ3n) is 5.23. The van der Waals surface area contributed by atoms with E-state index in [4.69, 9.17) is 9.72 Å². The van der Waals surface area contributed by atoms with Gasteiger partial charge in [0.1, 0.15) is 11.6 Å². The Kier molecular flexibility index (Phi) is 5.47. The first kappa shape index (κ1) is 20.3. The van der Waals surface area contributed by atoms with E-state index in [0.717, 1.165) is 27.8 Å². The molecule has 0 aliphatic rings. The molecule has 3 heterocycles. The van der Waals surface area contributed by atoms with Gasteiger partial charge in [-0.1, -0.05) is 18.2 Å². The summed E-state index contributed by atoms with van der Waals surface area (Å²) in [6, 6.07) is 20.6. The number of H-pyrrole nitrogens is 1. The van der Waals surface area contributed by atoms with Gasteiger partial charge in [0.2, 0.25) is 0 Å². The molecular weight excluding hydrogens is 416 g/mol. The fourth-order valence-electron chi connectivity index (χ4n) is 3.54. The van der Waals surface area contributed by atoms with Crippen LogP contribution >= 0.6 is 0 Å². The van der Waals surface area contributed by atoms with Crippen molar-refractivity contribution in [1.29, 1.82) is 0 Å². The number of fused-ring (bicyclic) bond motifs is 1. The summed E-state index contributed by atoms with van der Waals surface area (Å²) in [4.78, 5) is 26.4. The molecule has 5 rings (SSSR count). The predicted octanol–water partition coefficient (Wildman–Crippen LogP) is 4.02. The highest BCUT2D eigenvalue weighted by Crippen LogP contribution is 2.25. The number of aromatic amines is 1. The molecule has 0 saturated carbocycles. The molecule has 0 unspecified atom stereocenters. The lowest BCUT2D eigenvalue weighted by Gasteiger charge is -2.10. The molecule has 0 radical (unpaired) electrons. The fourth-order valence-corrected chi connectivity index (χ4v) is 3.54. The molecule has 8 heteroatoms. The predicted molar refractivity (Wildman–Crippen MR) is 125 cm³/mol. The number of ether oxygens (including phenoxy) is 1. The first-order valence-electron chi connectivity index (χ1n) is 10.4. The quantitative estimate of drug-likeness (QED) is 0.416. The van der Waals surface area contributed by atoms with Gasteiger partial charge in [0.05, 0.1) is 30.4 Å². The van der Waals surface area contributed by atoms with Crippen molar-refractivity contribution in [3.63, 3.8) is 0 Å². The standard InChI is InChI=1S/C25H20N6O2/c1-33-18-8-6-17(7-9-18)24-29-23(30-31-24)15-27-25(32)20-14-22(16-10-12-26-13-11-16)28-21-5-3-2-4-19(20)21/h2-14H,15H2,1H3,(H,27,32)(H,29,30,31). The molecule has 5 aromatic rings. The molecule has 33 heavy (non-hydrogen) atoms. The maximum absolute atomic E-state index is 13.1. The zero-order valence-corrected chi connectivity index (χ0v) is 17.8. The van der Waals surface area contributed by atoms with Crippen LogP contribution < -0.4 is 10.1 Å². The molecule has 1 amide bonds. The molecular formula is C25H20N6O2. The van der Waals surface area contributed by atoms with E-state index >= 15 is 0 Å². The number of hydrogen-bond acceptors (Lipinski definition) is 6. The molecule has 0 bridgehead atoms. The lowest BCUT2D eigenvalue weighted by Crippen LogP contribution is -2.24. The largest absolute Gasteiger partial charge is 0.497 e. The number of methoxy groups -OCH3 is 1. The van der Waals surface area contributed by atoms with Crippen molar-refractivity contribution in [3.8, 4) is 28.4 Å². The average Bonchev–Trinajstić information content (AvgIpc) is 3.36. The number of pyridine rings is 2. The molecule has 0 saturated heterocycles. The molecule has 0 atom stereocenters. The topological polar surface area (TPSA) is 106 Å². The number of rotatable bonds is 6. The third kappa shape index (κ3) is 4.27. The highest BCUT2D eigenvalue weighted by atomic mass is 16.5. The molecule has 2 aromatic carbocycles. The maximum Gasteiger partial charge on any atom is 0.252 e. The second-order valence-electron chi connectivity index (χ2n) is 7.32. The minimum atomic E-state index is -0.216. The highest BCUT2D eigenvalue weighted by molar-refractivity contribution is 6.07. The Morgan fingerprint density at radius 1 is 0.970 bits per heavy atom. The smallest absolute Gasteiger partial charge is 0.252 e. The molecule has 3 aromatic heterocycles. The maximum atomic E-state index is 13.1. The number of aromatic nitrogens is 5. The number of para-hydroxylation sites is 1. The lowest BCUT2D eigenvalue weighted by molar-refractivity contribution is 0.0951. The molecule has 0 aliphatic heterocycles. The van der Waals surface area contributed by atoms with Crippen LogP contribution in [0.3, 0.4) is 0 Å². The second-order valence-corrected chi connectivity index (χ2v) is 7.32. The molecule has 0 spiro atoms. The molecule has 2 N–H and O–H groups in total. The van der Waals surface area contributed by atoms with Crippen LogP contribution in [0.4, 0.5) is 0 Å². The van der Waals surface area contributed by atoms with Crippen LogP contribution in [0.5, 0.6) is 5.75 Å². The van der Waals surface area contributed by atoms with Crippen LogP contribution in [0.1, 0.15) is 16.2 Å². The number of benzene rings is 2. The van der Waals surface area contributed by atoms with E-state index in [2.05, 4.69) is 25.5 Å². The normalized spacial score (nSPS) is 10.8. The van der Waals surface area contributed by atoms with Crippen molar-refractivity contribution in [2.45, 2.75) is 6.54 Å². The molecule has 162 valence electrons. The Balaban J connectivity index is 1.38. The minimum Gasteiger partial charge on any atom is -0.497 e. The second kappa shape index (κ2) is 8.88. The van der Waals surface area contributed by atoms with Gasteiger partial charge in [0.25, 0.3) is 5.91 Å². The minimum absolute atomic E-state index is 0.212. The van der Waals surface area contributed by atoms with Gasteiger partial charge in [-0.15, -0.1) is 0 Å². The number of nitrogens with zero attached hydrogens (tertiary/aromatic N) is 4. The molecule has 0 aliphatic carbocycles. The van der Waals surface area contributed by atoms with Gasteiger partial charge in [-0.2, -0.15) is 5.10 Å². The monoisotopic (exact) mass is 436 g/mol. The van der Waals surface area contributed by atoms with Crippen LogP contribution in [-0.2, 0) is 6.54 Å². The SMILES string of the molecule is COc1ccc(-c2n[nH]c(CNC(=O)c3cc(-c4ccncc4)nc4ccccc34)n2)cc1. The van der Waals surface area contributed by atoms with Crippen LogP contribution in [-0.4, -0.2) is 38.2 Å². The van der Waals surface area contributed by atoms with E-state index in [1.165, 1.54) is 0 Å². The van der Waals surface area contributed by atoms with Crippen LogP contribution in [0.25, 0.3) is 33.5 Å². The van der Waals surface area contributed by atoms with E-state index in [-0.39, 0.29) is 12.5 Å². The van der Waals surface area contributed by atoms with Crippen LogP contribution in [0.2, 0.25) is 0 Å². The average molecular weight is 436 g/mol. The van der Waals surface area contributed by atoms with E-state index in [9.17, 15) is 4.79 Å². The van der Waals surface area contributed by atoms with Crippen molar-refractivity contribution in [2.75, 3.05) is 7.11 Å². The molecule has 0 fully saturated rings. The summed E-state index contributed by atoms with van der Waals surface area (Å²) in [5.74, 6) is 1.65. The van der Waals surface area contributed by atoms with Gasteiger partial charge in [0.15, 0.2) is 5.82 Å². The van der Waals surface area contributed by atoms with E-state index in [0.29, 0.717) is 22.9 Å². The summed E-state index contributed by atoms with van der Waals surface area (Å²) in [6.07, 6.45) is 3.41. The van der Waals surface area contributed by atoms with Gasteiger partial charge in [-0.05, 0) is 48.5 Å². The highest BCUT2D eigenvalue weighted by Gasteiger charge is 2.15. The summed E-state index contributed by atoms with van der Waals surface area (Å²) >= 11 is 0. The Morgan fingerprint density at radius 2 is 1.76 bits per heavy atom. The summed E-state index contributed by atoms with van der Waals surface area (Å²) in [7, 11) is 1.62. The van der Waals surface area contributed by atoms with Crippen molar-refractivity contribution in [3.05, 3.63) is 90.5 Å². The summed E-state index contributed by atoms with van der Waals surface area (Å²) in [6.45, 7) is 0.212. The number of carbonyl (C=O) groups is 1. The van der Waals surface area contributed by atoms with Crippen LogP contribution in [0.15, 0.2) is 79.1 Å². The Morgan fingerprint density at radius 3 is 2.55 bits per heavy atom. The van der Waals surface area contributed by atoms with Gasteiger partial charge in [-0.3, -0.25) is 14.9 Å². The first-order chi connectivity index (χ1) is 16.2. The van der Waals surface area contributed by atoms with E-state index in [1.807, 2.05) is 60.7 Å². The summed E-state index contributed by atoms with van der Waals surface area (Å²) in [5, 5.41) is 10.9. The summed E-state index contributed by atoms with van der Waals surface area (Å²) < 4.78 is 5.18. The van der Waals surface area contributed by atoms with E-state index in [1.54, 1.807) is 25.6 Å². The Hall–Kier alpha value is -4.59. The number of amides is 1. The number of carbonyl (C=O) groups excluding carboxylic acids is 1. The Bertz CT molecular complexity index is 1410. The summed E-state index contributed by atoms with van der Waals surface area (Å²) in [5.41, 5.74) is 3.75. The van der Waals surface area contributed by atoms with E-state index < -0.39 is 0 Å².